The second-order valence-corrected chi connectivity index (χ2v) is 25.7. The Morgan fingerprint density at radius 1 is 0.356 bits per heavy atom. The molecule has 0 fully saturated rings. The number of para-hydroxylation sites is 9. The van der Waals surface area contributed by atoms with E-state index in [4.69, 9.17) is 0 Å². The fourth-order valence-electron chi connectivity index (χ4n) is 13.6. The first-order chi connectivity index (χ1) is 36.2. The summed E-state index contributed by atoms with van der Waals surface area (Å²) in [5.74, 6) is 0. The molecule has 1 radical (unpaired) electrons. The third kappa shape index (κ3) is 5.63. The molecule has 15 rings (SSSR count). The number of fused-ring (bicyclic) bond motifs is 6. The molecule has 4 heterocycles. The van der Waals surface area contributed by atoms with Crippen molar-refractivity contribution in [2.45, 2.75) is 12.3 Å². The van der Waals surface area contributed by atoms with Crippen LogP contribution < -0.4 is 51.0 Å². The lowest BCUT2D eigenvalue weighted by Crippen LogP contribution is -2.81. The number of anilines is 9. The zero-order chi connectivity index (χ0) is 48.3. The summed E-state index contributed by atoms with van der Waals surface area (Å²) in [5, 5.41) is 9.92. The van der Waals surface area contributed by atoms with E-state index in [1.807, 2.05) is 0 Å². The third-order valence-electron chi connectivity index (χ3n) is 16.2. The maximum absolute atomic E-state index is 3.23. The molecular formula is C68H48N3Si2. The van der Waals surface area contributed by atoms with Crippen LogP contribution >= 0.6 is 0 Å². The molecule has 1 spiro atoms. The van der Waals surface area contributed by atoms with Gasteiger partial charge in [0.05, 0.1) is 16.8 Å². The summed E-state index contributed by atoms with van der Waals surface area (Å²) in [6.07, 6.45) is 0. The smallest absolute Gasteiger partial charge is 0.188 e. The van der Waals surface area contributed by atoms with Gasteiger partial charge < -0.3 is 14.7 Å². The van der Waals surface area contributed by atoms with Crippen molar-refractivity contribution < 1.29 is 0 Å². The molecule has 0 saturated heterocycles. The highest BCUT2D eigenvalue weighted by Crippen LogP contribution is 2.59. The lowest BCUT2D eigenvalue weighted by Gasteiger charge is -2.57. The van der Waals surface area contributed by atoms with Crippen LogP contribution in [0.3, 0.4) is 0 Å². The summed E-state index contributed by atoms with van der Waals surface area (Å²) in [6, 6.07) is 104. The Kier molecular flexibility index (Phi) is 9.28. The zero-order valence-electron chi connectivity index (χ0n) is 40.3. The van der Waals surface area contributed by atoms with Crippen LogP contribution in [0.5, 0.6) is 0 Å². The van der Waals surface area contributed by atoms with Crippen LogP contribution in [-0.4, -0.2) is 16.9 Å². The fraction of sp³-hybridized carbons (Fsp3) is 0.0294. The third-order valence-corrected chi connectivity index (χ3v) is 24.0. The molecule has 4 aliphatic rings. The van der Waals surface area contributed by atoms with Gasteiger partial charge in [0.2, 0.25) is 0 Å². The summed E-state index contributed by atoms with van der Waals surface area (Å²) >= 11 is 0. The molecular weight excluding hydrogens is 915 g/mol. The van der Waals surface area contributed by atoms with E-state index < -0.39 is 22.3 Å². The van der Waals surface area contributed by atoms with Gasteiger partial charge in [0.1, 0.15) is 0 Å². The molecule has 0 aromatic heterocycles. The highest BCUT2D eigenvalue weighted by Gasteiger charge is 2.60. The molecule has 0 saturated carbocycles. The predicted octanol–water partition coefficient (Wildman–Crippen LogP) is 11.9. The molecule has 343 valence electrons. The van der Waals surface area contributed by atoms with Gasteiger partial charge in [0.25, 0.3) is 0 Å². The zero-order valence-corrected chi connectivity index (χ0v) is 42.3. The van der Waals surface area contributed by atoms with Gasteiger partial charge in [-0.05, 0) is 120 Å². The first-order valence-corrected chi connectivity index (χ1v) is 28.9. The van der Waals surface area contributed by atoms with E-state index in [1.54, 1.807) is 0 Å². The predicted molar refractivity (Wildman–Crippen MR) is 309 cm³/mol. The number of aryl methyl sites for hydroxylation is 1. The monoisotopic (exact) mass is 962 g/mol. The van der Waals surface area contributed by atoms with Crippen LogP contribution in [0.1, 0.15) is 27.8 Å². The normalized spacial score (nSPS) is 14.8. The average Bonchev–Trinajstić information content (AvgIpc) is 3.47. The molecule has 3 nitrogen and oxygen atoms in total. The highest BCUT2D eigenvalue weighted by atomic mass is 28.3. The van der Waals surface area contributed by atoms with Crippen molar-refractivity contribution >= 4 is 104 Å². The average molecular weight is 963 g/mol. The van der Waals surface area contributed by atoms with E-state index in [0.29, 0.717) is 0 Å². The van der Waals surface area contributed by atoms with Crippen LogP contribution in [0, 0.1) is 6.92 Å². The van der Waals surface area contributed by atoms with E-state index in [0.717, 1.165) is 5.69 Å². The van der Waals surface area contributed by atoms with Crippen molar-refractivity contribution in [2.24, 2.45) is 0 Å². The van der Waals surface area contributed by atoms with E-state index >= 15 is 0 Å². The number of hydrogen-bond acceptors (Lipinski definition) is 3. The Hall–Kier alpha value is -8.75. The van der Waals surface area contributed by atoms with Crippen molar-refractivity contribution in [3.05, 3.63) is 301 Å². The molecule has 0 bridgehead atoms. The summed E-state index contributed by atoms with van der Waals surface area (Å²) in [6.45, 7) is 2.24. The van der Waals surface area contributed by atoms with E-state index in [2.05, 4.69) is 295 Å². The van der Waals surface area contributed by atoms with Crippen LogP contribution in [-0.2, 0) is 5.41 Å². The molecule has 0 N–H and O–H groups in total. The molecule has 11 aromatic carbocycles. The Morgan fingerprint density at radius 2 is 0.808 bits per heavy atom. The van der Waals surface area contributed by atoms with Crippen molar-refractivity contribution in [2.75, 3.05) is 14.7 Å². The molecule has 0 aliphatic carbocycles. The number of hydrogen-bond donors (Lipinski definition) is 0. The minimum Gasteiger partial charge on any atom is -0.311 e. The Labute approximate surface area is 429 Å². The van der Waals surface area contributed by atoms with Crippen LogP contribution in [0.4, 0.5) is 51.2 Å². The molecule has 0 unspecified atom stereocenters. The highest BCUT2D eigenvalue weighted by molar-refractivity contribution is 7.23. The van der Waals surface area contributed by atoms with E-state index in [-0.39, 0.29) is 0 Å². The Bertz CT molecular complexity index is 3880. The lowest BCUT2D eigenvalue weighted by molar-refractivity contribution is 0.733. The SMILES string of the molecule is Cc1ccccc1N(c1ccccc1)c1ccccc1[Si]1c2cccc3c2N2c4c1cccc4[Si]1(c4ccccc4N(c4ccccc4)c4ccccc41)c1cccc(c12)C3(c1ccccc1)c1ccccc1. The van der Waals surface area contributed by atoms with Gasteiger partial charge in [-0.2, -0.15) is 0 Å². The summed E-state index contributed by atoms with van der Waals surface area (Å²) < 4.78 is 0. The topological polar surface area (TPSA) is 9.72 Å². The van der Waals surface area contributed by atoms with Crippen LogP contribution in [0.2, 0.25) is 0 Å². The summed E-state index contributed by atoms with van der Waals surface area (Å²) in [7, 11) is -5.04. The largest absolute Gasteiger partial charge is 0.311 e. The molecule has 0 amide bonds. The van der Waals surface area contributed by atoms with Crippen molar-refractivity contribution in [1.82, 2.24) is 0 Å². The maximum atomic E-state index is 2.78. The van der Waals surface area contributed by atoms with Gasteiger partial charge in [-0.25, -0.2) is 0 Å². The minimum absolute atomic E-state index is 0.650. The Morgan fingerprint density at radius 3 is 1.45 bits per heavy atom. The number of nitrogens with zero attached hydrogens (tertiary/aromatic N) is 3. The minimum atomic E-state index is -3.23. The van der Waals surface area contributed by atoms with E-state index in [9.17, 15) is 0 Å². The standard InChI is InChI=1S/C68H48N3Si2/c1-47-25-14-15-36-54(47)69(50-30-10-4-11-31-50)55-37-16-19-40-58(55)72-59-41-22-34-52-65(59)71-66-53(68(52,48-26-6-2-7-27-48)49-28-8-3-9-29-49)35-23-45-63(66)73(64-46-24-42-60(72)67(64)71)61-43-20-17-38-56(61)70(51-32-12-5-13-33-51)57-39-18-21-44-62(57)73/h2-46H,1H3. The summed E-state index contributed by atoms with van der Waals surface area (Å²) in [5.41, 5.74) is 17.0. The number of benzene rings is 11. The molecule has 73 heavy (non-hydrogen) atoms. The maximum Gasteiger partial charge on any atom is 0.188 e. The van der Waals surface area contributed by atoms with Gasteiger partial charge >= 0.3 is 0 Å². The number of rotatable bonds is 7. The van der Waals surface area contributed by atoms with Crippen molar-refractivity contribution in [1.29, 1.82) is 0 Å². The second kappa shape index (κ2) is 16.1. The van der Waals surface area contributed by atoms with Crippen molar-refractivity contribution in [3.63, 3.8) is 0 Å². The van der Waals surface area contributed by atoms with Crippen molar-refractivity contribution in [3.8, 4) is 0 Å². The fourth-order valence-corrected chi connectivity index (χ4v) is 22.2. The van der Waals surface area contributed by atoms with Gasteiger partial charge in [0, 0.05) is 39.8 Å². The molecule has 5 heteroatoms. The lowest BCUT2D eigenvalue weighted by atomic mass is 9.62. The molecule has 0 atom stereocenters. The van der Waals surface area contributed by atoms with Gasteiger partial charge in [-0.3, -0.25) is 0 Å². The quantitative estimate of drug-likeness (QED) is 0.147. The van der Waals surface area contributed by atoms with Gasteiger partial charge in [-0.15, -0.1) is 0 Å². The Balaban J connectivity index is 1.13. The van der Waals surface area contributed by atoms with Crippen LogP contribution in [0.25, 0.3) is 0 Å². The van der Waals surface area contributed by atoms with Gasteiger partial charge in [-0.1, -0.05) is 224 Å². The first-order valence-electron chi connectivity index (χ1n) is 25.4. The summed E-state index contributed by atoms with van der Waals surface area (Å²) in [4.78, 5) is 7.83. The first kappa shape index (κ1) is 42.0. The second-order valence-electron chi connectivity index (χ2n) is 19.7. The van der Waals surface area contributed by atoms with Crippen LogP contribution in [0.15, 0.2) is 273 Å². The molecule has 4 aliphatic heterocycles. The van der Waals surface area contributed by atoms with Gasteiger partial charge in [0.15, 0.2) is 16.9 Å². The molecule has 11 aromatic rings. The van der Waals surface area contributed by atoms with E-state index in [1.165, 1.54) is 110 Å².